The Morgan fingerprint density at radius 1 is 1.41 bits per heavy atom. The molecule has 1 fully saturated rings. The first kappa shape index (κ1) is 12.1. The molecule has 1 heterocycles. The Kier molecular flexibility index (Phi) is 3.79. The van der Waals surface area contributed by atoms with Crippen LogP contribution >= 0.6 is 0 Å². The number of aryl methyl sites for hydroxylation is 1. The average Bonchev–Trinajstić information content (AvgIpc) is 2.30. The SMILES string of the molecule is Cc1ccccc1CN[C@H]1C(=O)NCC[C@@H]1C. The van der Waals surface area contributed by atoms with Crippen LogP contribution in [0.25, 0.3) is 0 Å². The second-order valence-electron chi connectivity index (χ2n) is 4.84. The van der Waals surface area contributed by atoms with Crippen LogP contribution in [0, 0.1) is 12.8 Å². The van der Waals surface area contributed by atoms with Gasteiger partial charge in [0, 0.05) is 13.1 Å². The molecule has 1 aliphatic heterocycles. The van der Waals surface area contributed by atoms with Gasteiger partial charge in [-0.05, 0) is 30.4 Å². The van der Waals surface area contributed by atoms with E-state index < -0.39 is 0 Å². The quantitative estimate of drug-likeness (QED) is 0.831. The predicted octanol–water partition coefficient (Wildman–Crippen LogP) is 1.61. The van der Waals surface area contributed by atoms with Gasteiger partial charge in [-0.2, -0.15) is 0 Å². The summed E-state index contributed by atoms with van der Waals surface area (Å²) >= 11 is 0. The van der Waals surface area contributed by atoms with Gasteiger partial charge in [0.15, 0.2) is 0 Å². The van der Waals surface area contributed by atoms with Crippen molar-refractivity contribution >= 4 is 5.91 Å². The van der Waals surface area contributed by atoms with E-state index in [9.17, 15) is 4.79 Å². The lowest BCUT2D eigenvalue weighted by atomic mass is 9.94. The number of carbonyl (C=O) groups is 1. The highest BCUT2D eigenvalue weighted by molar-refractivity contribution is 5.82. The summed E-state index contributed by atoms with van der Waals surface area (Å²) < 4.78 is 0. The van der Waals surface area contributed by atoms with Crippen molar-refractivity contribution in [3.63, 3.8) is 0 Å². The molecule has 0 unspecified atom stereocenters. The maximum Gasteiger partial charge on any atom is 0.237 e. The number of carbonyl (C=O) groups excluding carboxylic acids is 1. The van der Waals surface area contributed by atoms with Gasteiger partial charge >= 0.3 is 0 Å². The van der Waals surface area contributed by atoms with Gasteiger partial charge in [0.05, 0.1) is 6.04 Å². The van der Waals surface area contributed by atoms with Crippen LogP contribution in [0.3, 0.4) is 0 Å². The van der Waals surface area contributed by atoms with E-state index in [-0.39, 0.29) is 11.9 Å². The molecular formula is C14H20N2O. The molecule has 2 atom stereocenters. The summed E-state index contributed by atoms with van der Waals surface area (Å²) in [5, 5.41) is 6.28. The van der Waals surface area contributed by atoms with Crippen molar-refractivity contribution < 1.29 is 4.79 Å². The van der Waals surface area contributed by atoms with Crippen LogP contribution in [0.1, 0.15) is 24.5 Å². The van der Waals surface area contributed by atoms with Crippen LogP contribution in [0.2, 0.25) is 0 Å². The van der Waals surface area contributed by atoms with E-state index >= 15 is 0 Å². The van der Waals surface area contributed by atoms with Gasteiger partial charge in [-0.3, -0.25) is 4.79 Å². The summed E-state index contributed by atoms with van der Waals surface area (Å²) in [5.74, 6) is 0.546. The van der Waals surface area contributed by atoms with E-state index in [1.807, 2.05) is 12.1 Å². The van der Waals surface area contributed by atoms with Crippen LogP contribution in [-0.4, -0.2) is 18.5 Å². The van der Waals surface area contributed by atoms with Gasteiger partial charge in [-0.1, -0.05) is 31.2 Å². The molecule has 92 valence electrons. The number of hydrogen-bond acceptors (Lipinski definition) is 2. The van der Waals surface area contributed by atoms with Gasteiger partial charge in [-0.15, -0.1) is 0 Å². The molecule has 1 aliphatic rings. The van der Waals surface area contributed by atoms with Crippen molar-refractivity contribution in [2.75, 3.05) is 6.54 Å². The second kappa shape index (κ2) is 5.32. The molecule has 17 heavy (non-hydrogen) atoms. The maximum absolute atomic E-state index is 11.7. The Hall–Kier alpha value is -1.35. The van der Waals surface area contributed by atoms with Gasteiger partial charge in [0.1, 0.15) is 0 Å². The number of benzene rings is 1. The fourth-order valence-electron chi connectivity index (χ4n) is 2.28. The molecule has 1 aromatic rings. The Morgan fingerprint density at radius 2 is 2.18 bits per heavy atom. The van der Waals surface area contributed by atoms with Crippen LogP contribution in [0.15, 0.2) is 24.3 Å². The van der Waals surface area contributed by atoms with E-state index in [0.29, 0.717) is 5.92 Å². The largest absolute Gasteiger partial charge is 0.355 e. The molecule has 3 nitrogen and oxygen atoms in total. The third-order valence-electron chi connectivity index (χ3n) is 3.52. The third-order valence-corrected chi connectivity index (χ3v) is 3.52. The molecule has 1 aromatic carbocycles. The van der Waals surface area contributed by atoms with Crippen LogP contribution in [0.5, 0.6) is 0 Å². The minimum absolute atomic E-state index is 0.0524. The molecule has 3 heteroatoms. The van der Waals surface area contributed by atoms with Crippen molar-refractivity contribution in [2.45, 2.75) is 32.9 Å². The highest BCUT2D eigenvalue weighted by atomic mass is 16.2. The Bertz CT molecular complexity index is 403. The van der Waals surface area contributed by atoms with Gasteiger partial charge in [-0.25, -0.2) is 0 Å². The first-order valence-corrected chi connectivity index (χ1v) is 6.24. The van der Waals surface area contributed by atoms with Crippen LogP contribution < -0.4 is 10.6 Å². The van der Waals surface area contributed by atoms with Crippen molar-refractivity contribution in [2.24, 2.45) is 5.92 Å². The predicted molar refractivity (Wildman–Crippen MR) is 68.6 cm³/mol. The summed E-state index contributed by atoms with van der Waals surface area (Å²) in [6, 6.07) is 8.22. The summed E-state index contributed by atoms with van der Waals surface area (Å²) in [6.07, 6.45) is 1.05. The highest BCUT2D eigenvalue weighted by Crippen LogP contribution is 2.14. The first-order valence-electron chi connectivity index (χ1n) is 6.24. The first-order chi connectivity index (χ1) is 8.18. The van der Waals surface area contributed by atoms with Gasteiger partial charge < -0.3 is 10.6 Å². The van der Waals surface area contributed by atoms with Crippen molar-refractivity contribution in [1.82, 2.24) is 10.6 Å². The molecule has 0 saturated carbocycles. The molecule has 0 radical (unpaired) electrons. The average molecular weight is 232 g/mol. The lowest BCUT2D eigenvalue weighted by molar-refractivity contribution is -0.126. The lowest BCUT2D eigenvalue weighted by Crippen LogP contribution is -2.52. The van der Waals surface area contributed by atoms with E-state index in [1.165, 1.54) is 11.1 Å². The zero-order valence-electron chi connectivity index (χ0n) is 10.5. The summed E-state index contributed by atoms with van der Waals surface area (Å²) in [7, 11) is 0. The molecule has 1 amide bonds. The molecule has 1 saturated heterocycles. The molecule has 2 rings (SSSR count). The Balaban J connectivity index is 1.97. The number of hydrogen-bond donors (Lipinski definition) is 2. The standard InChI is InChI=1S/C14H20N2O/c1-10-5-3-4-6-12(10)9-16-13-11(2)7-8-15-14(13)17/h3-6,11,13,16H,7-9H2,1-2H3,(H,15,17)/t11-,13+/m0/s1. The van der Waals surface area contributed by atoms with Crippen LogP contribution in [0.4, 0.5) is 0 Å². The monoisotopic (exact) mass is 232 g/mol. The molecular weight excluding hydrogens is 212 g/mol. The molecule has 0 spiro atoms. The highest BCUT2D eigenvalue weighted by Gasteiger charge is 2.27. The van der Waals surface area contributed by atoms with Crippen molar-refractivity contribution in [1.29, 1.82) is 0 Å². The minimum atomic E-state index is -0.0524. The van der Waals surface area contributed by atoms with E-state index in [4.69, 9.17) is 0 Å². The summed E-state index contributed by atoms with van der Waals surface area (Å²) in [6.45, 7) is 5.80. The Morgan fingerprint density at radius 3 is 2.88 bits per heavy atom. The summed E-state index contributed by atoms with van der Waals surface area (Å²) in [4.78, 5) is 11.7. The van der Waals surface area contributed by atoms with Gasteiger partial charge in [0.2, 0.25) is 5.91 Å². The third kappa shape index (κ3) is 2.86. The minimum Gasteiger partial charge on any atom is -0.355 e. The molecule has 0 bridgehead atoms. The fourth-order valence-corrected chi connectivity index (χ4v) is 2.28. The topological polar surface area (TPSA) is 41.1 Å². The van der Waals surface area contributed by atoms with E-state index in [1.54, 1.807) is 0 Å². The lowest BCUT2D eigenvalue weighted by Gasteiger charge is -2.29. The maximum atomic E-state index is 11.7. The normalized spacial score (nSPS) is 24.5. The van der Waals surface area contributed by atoms with Gasteiger partial charge in [0.25, 0.3) is 0 Å². The van der Waals surface area contributed by atoms with Crippen molar-refractivity contribution in [3.8, 4) is 0 Å². The Labute approximate surface area is 103 Å². The second-order valence-corrected chi connectivity index (χ2v) is 4.84. The zero-order valence-corrected chi connectivity index (χ0v) is 10.5. The van der Waals surface area contributed by atoms with Crippen LogP contribution in [-0.2, 0) is 11.3 Å². The van der Waals surface area contributed by atoms with E-state index in [0.717, 1.165) is 19.5 Å². The fraction of sp³-hybridized carbons (Fsp3) is 0.500. The number of amides is 1. The number of rotatable bonds is 3. The summed E-state index contributed by atoms with van der Waals surface area (Å²) in [5.41, 5.74) is 2.53. The zero-order chi connectivity index (χ0) is 12.3. The van der Waals surface area contributed by atoms with E-state index in [2.05, 4.69) is 36.6 Å². The molecule has 0 aliphatic carbocycles. The number of nitrogens with one attached hydrogen (secondary N) is 2. The molecule has 0 aromatic heterocycles. The van der Waals surface area contributed by atoms with Crippen molar-refractivity contribution in [3.05, 3.63) is 35.4 Å². The molecule has 2 N–H and O–H groups in total. The number of piperidine rings is 1. The smallest absolute Gasteiger partial charge is 0.237 e.